The van der Waals surface area contributed by atoms with Crippen molar-refractivity contribution < 1.29 is 19.4 Å². The second kappa shape index (κ2) is 11.2. The highest BCUT2D eigenvalue weighted by atomic mass is 16.5. The Morgan fingerprint density at radius 1 is 1.29 bits per heavy atom. The van der Waals surface area contributed by atoms with Crippen LogP contribution in [-0.2, 0) is 16.1 Å². The molecule has 24 heavy (non-hydrogen) atoms. The molecule has 0 saturated heterocycles. The zero-order valence-electron chi connectivity index (χ0n) is 14.1. The van der Waals surface area contributed by atoms with Gasteiger partial charge in [0.2, 0.25) is 5.91 Å². The highest BCUT2D eigenvalue weighted by Gasteiger charge is 2.21. The van der Waals surface area contributed by atoms with Gasteiger partial charge in [0.15, 0.2) is 0 Å². The summed E-state index contributed by atoms with van der Waals surface area (Å²) in [6.45, 7) is 5.59. The topological polar surface area (TPSA) is 87.7 Å². The minimum absolute atomic E-state index is 0.0510. The monoisotopic (exact) mass is 334 g/mol. The Morgan fingerprint density at radius 2 is 2.00 bits per heavy atom. The minimum atomic E-state index is -0.661. The van der Waals surface area contributed by atoms with Crippen molar-refractivity contribution in [2.45, 2.75) is 45.3 Å². The first-order valence-corrected chi connectivity index (χ1v) is 8.15. The molecular formula is C18H26N2O4. The number of rotatable bonds is 10. The number of nitrogens with one attached hydrogen (secondary N) is 2. The van der Waals surface area contributed by atoms with E-state index < -0.39 is 12.1 Å². The van der Waals surface area contributed by atoms with Crippen LogP contribution in [0.4, 0.5) is 10.5 Å². The van der Waals surface area contributed by atoms with Crippen molar-refractivity contribution >= 4 is 17.7 Å². The summed E-state index contributed by atoms with van der Waals surface area (Å²) in [4.78, 5) is 24.1. The molecule has 6 nitrogen and oxygen atoms in total. The molecule has 2 amide bonds. The van der Waals surface area contributed by atoms with Crippen molar-refractivity contribution in [3.8, 4) is 0 Å². The third-order valence-electron chi connectivity index (χ3n) is 3.44. The van der Waals surface area contributed by atoms with Gasteiger partial charge in [0.25, 0.3) is 0 Å². The van der Waals surface area contributed by atoms with Gasteiger partial charge in [0.1, 0.15) is 12.6 Å². The number of ether oxygens (including phenoxy) is 1. The molecule has 3 N–H and O–H groups in total. The Kier molecular flexibility index (Phi) is 9.23. The molecule has 0 fully saturated rings. The first-order chi connectivity index (χ1) is 11.6. The number of carbonyl (C=O) groups excluding carboxylic acids is 2. The van der Waals surface area contributed by atoms with E-state index in [1.165, 1.54) is 6.08 Å². The summed E-state index contributed by atoms with van der Waals surface area (Å²) in [6.07, 6.45) is 4.21. The van der Waals surface area contributed by atoms with E-state index in [9.17, 15) is 9.59 Å². The van der Waals surface area contributed by atoms with E-state index in [0.29, 0.717) is 12.1 Å². The fourth-order valence-corrected chi connectivity index (χ4v) is 2.11. The van der Waals surface area contributed by atoms with E-state index in [1.54, 1.807) is 24.3 Å². The largest absolute Gasteiger partial charge is 0.445 e. The number of aliphatic hydroxyl groups excluding tert-OH is 1. The van der Waals surface area contributed by atoms with Crippen molar-refractivity contribution in [1.82, 2.24) is 5.32 Å². The second-order valence-electron chi connectivity index (χ2n) is 5.42. The Bertz CT molecular complexity index is 528. The van der Waals surface area contributed by atoms with Crippen molar-refractivity contribution in [2.24, 2.45) is 0 Å². The van der Waals surface area contributed by atoms with Gasteiger partial charge in [-0.25, -0.2) is 4.79 Å². The van der Waals surface area contributed by atoms with Gasteiger partial charge in [-0.15, -0.1) is 0 Å². The summed E-state index contributed by atoms with van der Waals surface area (Å²) >= 11 is 0. The molecule has 0 aromatic heterocycles. The molecule has 0 aliphatic rings. The molecule has 6 heteroatoms. The maximum Gasteiger partial charge on any atom is 0.408 e. The van der Waals surface area contributed by atoms with Gasteiger partial charge in [0.05, 0.1) is 6.61 Å². The molecule has 0 spiro atoms. The standard InChI is InChI=1S/C18H26N2O4/c1-3-5-6-7-16(20-18(23)24-12-4-2)17(22)19-15-10-8-14(13-21)9-11-15/h4,8-11,16,21H,2-3,5-7,12-13H2,1H3,(H,19,22)(H,20,23)/t16-/m0/s1. The molecule has 0 heterocycles. The average Bonchev–Trinajstić information content (AvgIpc) is 2.59. The smallest absolute Gasteiger partial charge is 0.408 e. The molecule has 0 unspecified atom stereocenters. The normalized spacial score (nSPS) is 11.4. The second-order valence-corrected chi connectivity index (χ2v) is 5.42. The highest BCUT2D eigenvalue weighted by molar-refractivity contribution is 5.96. The van der Waals surface area contributed by atoms with Gasteiger partial charge in [-0.3, -0.25) is 4.79 Å². The number of amides is 2. The number of anilines is 1. The molecule has 0 aliphatic carbocycles. The maximum absolute atomic E-state index is 12.4. The lowest BCUT2D eigenvalue weighted by atomic mass is 10.1. The van der Waals surface area contributed by atoms with Gasteiger partial charge in [-0.2, -0.15) is 0 Å². The first kappa shape index (κ1) is 19.7. The van der Waals surface area contributed by atoms with Crippen molar-refractivity contribution in [2.75, 3.05) is 11.9 Å². The van der Waals surface area contributed by atoms with Crippen molar-refractivity contribution in [3.63, 3.8) is 0 Å². The SMILES string of the molecule is C=CCOC(=O)N[C@@H](CCCCC)C(=O)Nc1ccc(CO)cc1. The zero-order valence-corrected chi connectivity index (χ0v) is 14.1. The Hall–Kier alpha value is -2.34. The van der Waals surface area contributed by atoms with E-state index in [1.807, 2.05) is 0 Å². The van der Waals surface area contributed by atoms with Crippen molar-refractivity contribution in [1.29, 1.82) is 0 Å². The minimum Gasteiger partial charge on any atom is -0.445 e. The third kappa shape index (κ3) is 7.28. The molecule has 132 valence electrons. The van der Waals surface area contributed by atoms with Crippen LogP contribution in [0.3, 0.4) is 0 Å². The molecule has 1 rings (SSSR count). The van der Waals surface area contributed by atoms with E-state index in [0.717, 1.165) is 24.8 Å². The summed E-state index contributed by atoms with van der Waals surface area (Å²) in [5, 5.41) is 14.4. The summed E-state index contributed by atoms with van der Waals surface area (Å²) in [5.74, 6) is -0.293. The lowest BCUT2D eigenvalue weighted by Gasteiger charge is -2.18. The number of alkyl carbamates (subject to hydrolysis) is 1. The molecular weight excluding hydrogens is 308 g/mol. The first-order valence-electron chi connectivity index (χ1n) is 8.15. The van der Waals surface area contributed by atoms with Crippen LogP contribution in [-0.4, -0.2) is 29.8 Å². The number of hydrogen-bond acceptors (Lipinski definition) is 4. The average molecular weight is 334 g/mol. The van der Waals surface area contributed by atoms with E-state index >= 15 is 0 Å². The fraction of sp³-hybridized carbons (Fsp3) is 0.444. The van der Waals surface area contributed by atoms with Gasteiger partial charge < -0.3 is 20.5 Å². The fourth-order valence-electron chi connectivity index (χ4n) is 2.11. The van der Waals surface area contributed by atoms with Gasteiger partial charge in [-0.05, 0) is 24.1 Å². The van der Waals surface area contributed by atoms with Crippen LogP contribution >= 0.6 is 0 Å². The number of benzene rings is 1. The van der Waals surface area contributed by atoms with Crippen LogP contribution in [0.5, 0.6) is 0 Å². The van der Waals surface area contributed by atoms with Crippen LogP contribution < -0.4 is 10.6 Å². The zero-order chi connectivity index (χ0) is 17.8. The molecule has 1 aromatic carbocycles. The number of aliphatic hydroxyl groups is 1. The van der Waals surface area contributed by atoms with E-state index in [4.69, 9.17) is 9.84 Å². The van der Waals surface area contributed by atoms with Crippen LogP contribution in [0.2, 0.25) is 0 Å². The Labute approximate surface area is 142 Å². The molecule has 0 saturated carbocycles. The van der Waals surface area contributed by atoms with Gasteiger partial charge >= 0.3 is 6.09 Å². The molecule has 0 bridgehead atoms. The quantitative estimate of drug-likeness (QED) is 0.453. The van der Waals surface area contributed by atoms with E-state index in [-0.39, 0.29) is 19.1 Å². The highest BCUT2D eigenvalue weighted by Crippen LogP contribution is 2.12. The molecule has 0 radical (unpaired) electrons. The lowest BCUT2D eigenvalue weighted by molar-refractivity contribution is -0.118. The number of unbranched alkanes of at least 4 members (excludes halogenated alkanes) is 2. The van der Waals surface area contributed by atoms with Crippen LogP contribution in [0.25, 0.3) is 0 Å². The Morgan fingerprint density at radius 3 is 2.58 bits per heavy atom. The molecule has 0 aliphatic heterocycles. The maximum atomic E-state index is 12.4. The van der Waals surface area contributed by atoms with Crippen LogP contribution in [0.1, 0.15) is 38.2 Å². The number of carbonyl (C=O) groups is 2. The summed E-state index contributed by atoms with van der Waals surface area (Å²) in [7, 11) is 0. The van der Waals surface area contributed by atoms with Gasteiger partial charge in [0, 0.05) is 5.69 Å². The summed E-state index contributed by atoms with van der Waals surface area (Å²) < 4.78 is 4.88. The molecule has 1 aromatic rings. The van der Waals surface area contributed by atoms with Crippen molar-refractivity contribution in [3.05, 3.63) is 42.5 Å². The Balaban J connectivity index is 2.66. The predicted octanol–water partition coefficient (Wildman–Crippen LogP) is 2.98. The predicted molar refractivity (Wildman–Crippen MR) is 93.6 cm³/mol. The number of hydrogen-bond donors (Lipinski definition) is 3. The summed E-state index contributed by atoms with van der Waals surface area (Å²) in [6, 6.07) is 6.22. The van der Waals surface area contributed by atoms with E-state index in [2.05, 4.69) is 24.1 Å². The summed E-state index contributed by atoms with van der Waals surface area (Å²) in [5.41, 5.74) is 1.37. The lowest BCUT2D eigenvalue weighted by Crippen LogP contribution is -2.44. The van der Waals surface area contributed by atoms with Crippen LogP contribution in [0.15, 0.2) is 36.9 Å². The molecule has 1 atom stereocenters. The van der Waals surface area contributed by atoms with Gasteiger partial charge in [-0.1, -0.05) is 51.0 Å². The van der Waals surface area contributed by atoms with Crippen LogP contribution in [0, 0.1) is 0 Å². The third-order valence-corrected chi connectivity index (χ3v) is 3.44.